The van der Waals surface area contributed by atoms with Crippen molar-refractivity contribution >= 4 is 11.9 Å². The van der Waals surface area contributed by atoms with E-state index in [4.69, 9.17) is 0 Å². The van der Waals surface area contributed by atoms with Crippen molar-refractivity contribution in [3.8, 4) is 0 Å². The third-order valence-corrected chi connectivity index (χ3v) is 2.51. The number of aliphatic carboxylic acids is 2. The third kappa shape index (κ3) is 18.1. The average Bonchev–Trinajstić information content (AvgIpc) is 2.20. The Morgan fingerprint density at radius 3 is 1.06 bits per heavy atom. The van der Waals surface area contributed by atoms with Crippen molar-refractivity contribution < 1.29 is 39.3 Å². The van der Waals surface area contributed by atoms with E-state index in [1.54, 1.807) is 0 Å². The van der Waals surface area contributed by atoms with Crippen LogP contribution in [-0.4, -0.2) is 11.9 Å². The minimum Gasteiger partial charge on any atom is -0.550 e. The van der Waals surface area contributed by atoms with Gasteiger partial charge in [-0.3, -0.25) is 0 Å². The van der Waals surface area contributed by atoms with Gasteiger partial charge < -0.3 is 19.8 Å². The normalized spacial score (nSPS) is 9.65. The number of hydrogen-bond donors (Lipinski definition) is 0. The fraction of sp³-hybridized carbons (Fsp3) is 0.833. The quantitative estimate of drug-likeness (QED) is 0.407. The van der Waals surface area contributed by atoms with Gasteiger partial charge in [-0.2, -0.15) is 0 Å². The van der Waals surface area contributed by atoms with Gasteiger partial charge in [0.15, 0.2) is 0 Å². The number of unbranched alkanes of at least 4 members (excludes halogenated alkanes) is 7. The molecule has 0 radical (unpaired) electrons. The molecule has 5 heteroatoms. The van der Waals surface area contributed by atoms with Crippen LogP contribution in [0.3, 0.4) is 0 Å². The SMILES string of the molecule is O=C([O-])CCCCCCCCCCC(=O)[O-].[Zn+2]. The molecule has 17 heavy (non-hydrogen) atoms. The van der Waals surface area contributed by atoms with E-state index in [-0.39, 0.29) is 32.3 Å². The summed E-state index contributed by atoms with van der Waals surface area (Å²) in [6.07, 6.45) is 7.88. The Balaban J connectivity index is 0. The second-order valence-corrected chi connectivity index (χ2v) is 4.07. The summed E-state index contributed by atoms with van der Waals surface area (Å²) in [4.78, 5) is 20.2. The van der Waals surface area contributed by atoms with Crippen LogP contribution in [0, 0.1) is 0 Å². The van der Waals surface area contributed by atoms with Gasteiger partial charge in [0.25, 0.3) is 0 Å². The molecule has 0 saturated heterocycles. The third-order valence-electron chi connectivity index (χ3n) is 2.51. The van der Waals surface area contributed by atoms with Crippen molar-refractivity contribution in [2.45, 2.75) is 64.2 Å². The van der Waals surface area contributed by atoms with E-state index in [2.05, 4.69) is 0 Å². The second kappa shape index (κ2) is 13.6. The molecule has 0 aromatic carbocycles. The minimum absolute atomic E-state index is 0. The van der Waals surface area contributed by atoms with Crippen LogP contribution in [0.5, 0.6) is 0 Å². The Morgan fingerprint density at radius 1 is 0.588 bits per heavy atom. The Hall–Kier alpha value is -0.437. The first-order valence-electron chi connectivity index (χ1n) is 6.02. The van der Waals surface area contributed by atoms with Gasteiger partial charge >= 0.3 is 19.5 Å². The first-order chi connectivity index (χ1) is 7.63. The molecule has 0 aliphatic carbocycles. The van der Waals surface area contributed by atoms with Gasteiger partial charge in [-0.25, -0.2) is 0 Å². The number of hydrogen-bond acceptors (Lipinski definition) is 4. The van der Waals surface area contributed by atoms with Crippen LogP contribution in [0.4, 0.5) is 0 Å². The van der Waals surface area contributed by atoms with Gasteiger partial charge in [0.2, 0.25) is 0 Å². The van der Waals surface area contributed by atoms with Gasteiger partial charge in [0, 0.05) is 11.9 Å². The van der Waals surface area contributed by atoms with Crippen molar-refractivity contribution in [1.82, 2.24) is 0 Å². The summed E-state index contributed by atoms with van der Waals surface area (Å²) in [6, 6.07) is 0. The number of rotatable bonds is 11. The summed E-state index contributed by atoms with van der Waals surface area (Å²) in [6.45, 7) is 0. The molecule has 0 aromatic rings. The molecule has 0 amide bonds. The summed E-state index contributed by atoms with van der Waals surface area (Å²) >= 11 is 0. The van der Waals surface area contributed by atoms with Crippen LogP contribution in [-0.2, 0) is 29.1 Å². The van der Waals surface area contributed by atoms with E-state index in [1.807, 2.05) is 0 Å². The van der Waals surface area contributed by atoms with E-state index in [9.17, 15) is 19.8 Å². The standard InChI is InChI=1S/C12H22O4.Zn/c13-11(14)9-7-5-3-1-2-4-6-8-10-12(15)16;/h1-10H2,(H,13,14)(H,15,16);/q;+2/p-2. The Kier molecular flexibility index (Phi) is 15.2. The Labute approximate surface area is 116 Å². The van der Waals surface area contributed by atoms with E-state index in [1.165, 1.54) is 0 Å². The molecule has 0 aliphatic rings. The van der Waals surface area contributed by atoms with E-state index in [0.717, 1.165) is 38.5 Å². The predicted octanol–water partition coefficient (Wildman–Crippen LogP) is 0.385. The number of carboxylic acid groups (broad SMARTS) is 2. The number of carbonyl (C=O) groups excluding carboxylic acids is 2. The van der Waals surface area contributed by atoms with Crippen LogP contribution >= 0.6 is 0 Å². The van der Waals surface area contributed by atoms with Crippen LogP contribution in [0.1, 0.15) is 64.2 Å². The summed E-state index contributed by atoms with van der Waals surface area (Å²) in [7, 11) is 0. The zero-order chi connectivity index (χ0) is 12.2. The molecule has 0 heterocycles. The van der Waals surface area contributed by atoms with E-state index < -0.39 is 11.9 Å². The van der Waals surface area contributed by atoms with Crippen molar-refractivity contribution in [1.29, 1.82) is 0 Å². The first kappa shape index (κ1) is 18.9. The number of carboxylic acids is 2. The molecular weight excluding hydrogens is 274 g/mol. The number of carbonyl (C=O) groups is 2. The topological polar surface area (TPSA) is 80.3 Å². The summed E-state index contributed by atoms with van der Waals surface area (Å²) in [5.41, 5.74) is 0. The van der Waals surface area contributed by atoms with Crippen molar-refractivity contribution in [3.05, 3.63) is 0 Å². The Bertz CT molecular complexity index is 185. The first-order valence-corrected chi connectivity index (χ1v) is 6.02. The summed E-state index contributed by atoms with van der Waals surface area (Å²) in [5.74, 6) is -1.94. The summed E-state index contributed by atoms with van der Waals surface area (Å²) in [5, 5.41) is 20.2. The van der Waals surface area contributed by atoms with Crippen LogP contribution in [0.15, 0.2) is 0 Å². The smallest absolute Gasteiger partial charge is 0.550 e. The maximum absolute atomic E-state index is 10.1. The zero-order valence-electron chi connectivity index (χ0n) is 10.4. The zero-order valence-corrected chi connectivity index (χ0v) is 13.4. The largest absolute Gasteiger partial charge is 2.00 e. The van der Waals surface area contributed by atoms with Gasteiger partial charge in [0.05, 0.1) is 0 Å². The van der Waals surface area contributed by atoms with E-state index in [0.29, 0.717) is 12.8 Å². The van der Waals surface area contributed by atoms with Crippen molar-refractivity contribution in [2.75, 3.05) is 0 Å². The van der Waals surface area contributed by atoms with Crippen LogP contribution < -0.4 is 10.2 Å². The fourth-order valence-corrected chi connectivity index (χ4v) is 1.60. The molecule has 0 rings (SSSR count). The molecule has 0 fully saturated rings. The Morgan fingerprint density at radius 2 is 0.824 bits per heavy atom. The molecule has 0 spiro atoms. The molecule has 94 valence electrons. The molecule has 0 atom stereocenters. The van der Waals surface area contributed by atoms with Gasteiger partial charge in [-0.15, -0.1) is 0 Å². The molecule has 0 saturated carbocycles. The van der Waals surface area contributed by atoms with Crippen LogP contribution in [0.25, 0.3) is 0 Å². The molecular formula is C12H20O4Zn. The average molecular weight is 294 g/mol. The maximum atomic E-state index is 10.1. The molecule has 0 aromatic heterocycles. The molecule has 0 N–H and O–H groups in total. The van der Waals surface area contributed by atoms with Gasteiger partial charge in [0.1, 0.15) is 0 Å². The van der Waals surface area contributed by atoms with Crippen molar-refractivity contribution in [2.24, 2.45) is 0 Å². The molecule has 0 bridgehead atoms. The van der Waals surface area contributed by atoms with Gasteiger partial charge in [-0.1, -0.05) is 38.5 Å². The predicted molar refractivity (Wildman–Crippen MR) is 56.2 cm³/mol. The monoisotopic (exact) mass is 292 g/mol. The summed E-state index contributed by atoms with van der Waals surface area (Å²) < 4.78 is 0. The second-order valence-electron chi connectivity index (χ2n) is 4.07. The minimum atomic E-state index is -0.970. The fourth-order valence-electron chi connectivity index (χ4n) is 1.60. The van der Waals surface area contributed by atoms with E-state index >= 15 is 0 Å². The molecule has 0 unspecified atom stereocenters. The maximum Gasteiger partial charge on any atom is 2.00 e. The van der Waals surface area contributed by atoms with Crippen LogP contribution in [0.2, 0.25) is 0 Å². The molecule has 0 aliphatic heterocycles. The van der Waals surface area contributed by atoms with Crippen molar-refractivity contribution in [3.63, 3.8) is 0 Å². The molecule has 4 nitrogen and oxygen atoms in total. The van der Waals surface area contributed by atoms with Gasteiger partial charge in [-0.05, 0) is 25.7 Å².